The molecule has 1 amide bonds. The molecule has 1 aliphatic rings. The number of carbonyl (C=O) groups is 2. The Morgan fingerprint density at radius 2 is 2.14 bits per heavy atom. The number of nitrogens with zero attached hydrogens (tertiary/aromatic N) is 2. The zero-order chi connectivity index (χ0) is 19.8. The van der Waals surface area contributed by atoms with E-state index < -0.39 is 5.92 Å². The highest BCUT2D eigenvalue weighted by Gasteiger charge is 2.36. The van der Waals surface area contributed by atoms with Crippen molar-refractivity contribution in [2.75, 3.05) is 18.1 Å². The molecule has 4 rings (SSSR count). The summed E-state index contributed by atoms with van der Waals surface area (Å²) in [6, 6.07) is 10.9. The fraction of sp³-hybridized carbons (Fsp3) is 0.286. The van der Waals surface area contributed by atoms with E-state index in [1.165, 1.54) is 0 Å². The number of amides is 1. The van der Waals surface area contributed by atoms with Crippen molar-refractivity contribution >= 4 is 40.3 Å². The zero-order valence-electron chi connectivity index (χ0n) is 15.6. The fourth-order valence-corrected chi connectivity index (χ4v) is 3.58. The number of anilines is 1. The van der Waals surface area contributed by atoms with E-state index in [1.54, 1.807) is 30.0 Å². The lowest BCUT2D eigenvalue weighted by atomic mass is 10.1. The number of oxazole rings is 1. The molecule has 1 atom stereocenters. The van der Waals surface area contributed by atoms with Crippen LogP contribution in [0.5, 0.6) is 0 Å². The van der Waals surface area contributed by atoms with Gasteiger partial charge in [-0.2, -0.15) is 0 Å². The van der Waals surface area contributed by atoms with Crippen LogP contribution in [-0.4, -0.2) is 30.0 Å². The highest BCUT2D eigenvalue weighted by atomic mass is 35.5. The molecule has 1 saturated heterocycles. The molecule has 7 heteroatoms. The molecule has 1 aliphatic heterocycles. The number of aryl methyl sites for hydroxylation is 1. The Morgan fingerprint density at radius 1 is 1.32 bits per heavy atom. The number of aromatic nitrogens is 1. The minimum atomic E-state index is -0.443. The maximum absolute atomic E-state index is 12.5. The molecular weight excluding hydrogens is 380 g/mol. The largest absolute Gasteiger partial charge is 0.466 e. The topological polar surface area (TPSA) is 72.6 Å². The van der Waals surface area contributed by atoms with Gasteiger partial charge in [-0.3, -0.25) is 9.59 Å². The molecule has 3 aromatic rings. The molecular formula is C21H19ClN2O4. The van der Waals surface area contributed by atoms with Crippen molar-refractivity contribution in [1.82, 2.24) is 4.98 Å². The van der Waals surface area contributed by atoms with Crippen molar-refractivity contribution in [3.05, 3.63) is 47.0 Å². The average Bonchev–Trinajstić information content (AvgIpc) is 3.25. The first-order chi connectivity index (χ1) is 13.5. The molecule has 0 saturated carbocycles. The molecule has 2 aromatic carbocycles. The lowest BCUT2D eigenvalue weighted by Gasteiger charge is -2.19. The van der Waals surface area contributed by atoms with E-state index >= 15 is 0 Å². The number of halogens is 1. The van der Waals surface area contributed by atoms with Crippen molar-refractivity contribution in [2.45, 2.75) is 20.3 Å². The van der Waals surface area contributed by atoms with Crippen LogP contribution in [0.15, 0.2) is 40.8 Å². The molecule has 0 spiro atoms. The Morgan fingerprint density at radius 3 is 2.93 bits per heavy atom. The van der Waals surface area contributed by atoms with Crippen LogP contribution in [0.4, 0.5) is 5.69 Å². The van der Waals surface area contributed by atoms with E-state index in [1.807, 2.05) is 25.1 Å². The molecule has 0 N–H and O–H groups in total. The number of ether oxygens (including phenoxy) is 1. The van der Waals surface area contributed by atoms with Crippen molar-refractivity contribution in [1.29, 1.82) is 0 Å². The second-order valence-corrected chi connectivity index (χ2v) is 7.23. The van der Waals surface area contributed by atoms with E-state index in [9.17, 15) is 9.59 Å². The molecule has 0 aliphatic carbocycles. The second kappa shape index (κ2) is 7.28. The van der Waals surface area contributed by atoms with E-state index in [-0.39, 0.29) is 18.3 Å². The molecule has 0 unspecified atom stereocenters. The Hall–Kier alpha value is -2.86. The Kier molecular flexibility index (Phi) is 4.81. The first kappa shape index (κ1) is 18.5. The van der Waals surface area contributed by atoms with Crippen molar-refractivity contribution in [2.24, 2.45) is 5.92 Å². The second-order valence-electron chi connectivity index (χ2n) is 6.79. The Labute approximate surface area is 167 Å². The molecule has 0 bridgehead atoms. The predicted octanol–water partition coefficient (Wildman–Crippen LogP) is 4.37. The monoisotopic (exact) mass is 398 g/mol. The van der Waals surface area contributed by atoms with Gasteiger partial charge in [-0.1, -0.05) is 17.7 Å². The van der Waals surface area contributed by atoms with Crippen LogP contribution in [0.25, 0.3) is 22.6 Å². The summed E-state index contributed by atoms with van der Waals surface area (Å²) in [7, 11) is 0. The van der Waals surface area contributed by atoms with E-state index in [2.05, 4.69) is 4.98 Å². The van der Waals surface area contributed by atoms with Gasteiger partial charge in [0.1, 0.15) is 5.52 Å². The summed E-state index contributed by atoms with van der Waals surface area (Å²) < 4.78 is 10.9. The number of benzene rings is 2. The lowest BCUT2D eigenvalue weighted by Crippen LogP contribution is -2.27. The molecule has 1 aromatic heterocycles. The minimum absolute atomic E-state index is 0.0948. The molecule has 0 radical (unpaired) electrons. The van der Waals surface area contributed by atoms with Gasteiger partial charge in [-0.15, -0.1) is 0 Å². The van der Waals surface area contributed by atoms with Crippen LogP contribution < -0.4 is 4.90 Å². The average molecular weight is 399 g/mol. The quantitative estimate of drug-likeness (QED) is 0.610. The summed E-state index contributed by atoms with van der Waals surface area (Å²) in [5.74, 6) is -0.417. The summed E-state index contributed by atoms with van der Waals surface area (Å²) >= 11 is 6.02. The third kappa shape index (κ3) is 3.36. The maximum Gasteiger partial charge on any atom is 0.311 e. The van der Waals surface area contributed by atoms with E-state index in [4.69, 9.17) is 20.8 Å². The van der Waals surface area contributed by atoms with Crippen LogP contribution in [-0.2, 0) is 14.3 Å². The highest BCUT2D eigenvalue weighted by Crippen LogP contribution is 2.33. The molecule has 2 heterocycles. The van der Waals surface area contributed by atoms with Gasteiger partial charge in [-0.05, 0) is 49.7 Å². The Balaban J connectivity index is 1.67. The number of hydrogen-bond acceptors (Lipinski definition) is 5. The first-order valence-electron chi connectivity index (χ1n) is 9.10. The lowest BCUT2D eigenvalue weighted by molar-refractivity contribution is -0.147. The SMILES string of the molecule is CCOC(=O)[C@H]1CC(=O)N(c2cc(-c3nc4cc(Cl)ccc4o3)ccc2C)C1. The van der Waals surface area contributed by atoms with Crippen molar-refractivity contribution in [3.63, 3.8) is 0 Å². The van der Waals surface area contributed by atoms with Gasteiger partial charge < -0.3 is 14.1 Å². The zero-order valence-corrected chi connectivity index (χ0v) is 16.3. The van der Waals surface area contributed by atoms with Gasteiger partial charge in [0.05, 0.1) is 12.5 Å². The van der Waals surface area contributed by atoms with Crippen LogP contribution in [0.3, 0.4) is 0 Å². The third-order valence-electron chi connectivity index (χ3n) is 4.84. The van der Waals surface area contributed by atoms with Gasteiger partial charge in [-0.25, -0.2) is 4.98 Å². The van der Waals surface area contributed by atoms with Gasteiger partial charge in [0.15, 0.2) is 5.58 Å². The number of fused-ring (bicyclic) bond motifs is 1. The summed E-state index contributed by atoms with van der Waals surface area (Å²) in [4.78, 5) is 30.7. The standard InChI is InChI=1S/C21H19ClN2O4/c1-3-27-21(26)14-9-19(25)24(11-14)17-8-13(5-4-12(17)2)20-23-16-10-15(22)6-7-18(16)28-20/h4-8,10,14H,3,9,11H2,1-2H3/t14-/m0/s1. The smallest absolute Gasteiger partial charge is 0.311 e. The van der Waals surface area contributed by atoms with Gasteiger partial charge >= 0.3 is 5.97 Å². The van der Waals surface area contributed by atoms with Crippen molar-refractivity contribution in [3.8, 4) is 11.5 Å². The normalized spacial score (nSPS) is 16.8. The van der Waals surface area contributed by atoms with Crippen LogP contribution >= 0.6 is 11.6 Å². The summed E-state index contributed by atoms with van der Waals surface area (Å²) in [6.45, 7) is 4.30. The summed E-state index contributed by atoms with van der Waals surface area (Å²) in [5, 5.41) is 0.588. The van der Waals surface area contributed by atoms with Gasteiger partial charge in [0.25, 0.3) is 0 Å². The minimum Gasteiger partial charge on any atom is -0.466 e. The number of rotatable bonds is 4. The maximum atomic E-state index is 12.5. The molecule has 6 nitrogen and oxygen atoms in total. The van der Waals surface area contributed by atoms with Gasteiger partial charge in [0.2, 0.25) is 11.8 Å². The predicted molar refractivity (Wildman–Crippen MR) is 106 cm³/mol. The molecule has 1 fully saturated rings. The third-order valence-corrected chi connectivity index (χ3v) is 5.08. The Bertz CT molecular complexity index is 1080. The number of carbonyl (C=O) groups excluding carboxylic acids is 2. The van der Waals surface area contributed by atoms with E-state index in [0.717, 1.165) is 16.8 Å². The number of esters is 1. The van der Waals surface area contributed by atoms with Crippen LogP contribution in [0.2, 0.25) is 5.02 Å². The van der Waals surface area contributed by atoms with Crippen molar-refractivity contribution < 1.29 is 18.7 Å². The van der Waals surface area contributed by atoms with Crippen LogP contribution in [0.1, 0.15) is 18.9 Å². The van der Waals surface area contributed by atoms with Crippen LogP contribution in [0, 0.1) is 12.8 Å². The summed E-state index contributed by atoms with van der Waals surface area (Å²) in [6.07, 6.45) is 0.157. The highest BCUT2D eigenvalue weighted by molar-refractivity contribution is 6.31. The molecule has 28 heavy (non-hydrogen) atoms. The first-order valence-corrected chi connectivity index (χ1v) is 9.48. The number of hydrogen-bond donors (Lipinski definition) is 0. The van der Waals surface area contributed by atoms with E-state index in [0.29, 0.717) is 35.2 Å². The summed E-state index contributed by atoms with van der Waals surface area (Å²) in [5.41, 5.74) is 3.74. The molecule has 144 valence electrons. The fourth-order valence-electron chi connectivity index (χ4n) is 3.42. The van der Waals surface area contributed by atoms with Gasteiger partial charge in [0, 0.05) is 29.2 Å².